The van der Waals surface area contributed by atoms with Crippen molar-refractivity contribution in [2.24, 2.45) is 5.73 Å². The number of para-hydroxylation sites is 1. The molecule has 0 aliphatic heterocycles. The van der Waals surface area contributed by atoms with Crippen LogP contribution in [0.3, 0.4) is 0 Å². The summed E-state index contributed by atoms with van der Waals surface area (Å²) in [6.07, 6.45) is 0. The van der Waals surface area contributed by atoms with Gasteiger partial charge in [0.05, 0.1) is 10.9 Å². The fourth-order valence-electron chi connectivity index (χ4n) is 3.81. The summed E-state index contributed by atoms with van der Waals surface area (Å²) in [4.78, 5) is 29.3. The van der Waals surface area contributed by atoms with Crippen LogP contribution in [0.15, 0.2) is 83.7 Å². The number of carbonyl (C=O) groups excluding carboxylic acids is 1. The topological polar surface area (TPSA) is 94.6 Å². The Labute approximate surface area is 180 Å². The van der Waals surface area contributed by atoms with Crippen molar-refractivity contribution >= 4 is 16.8 Å². The van der Waals surface area contributed by atoms with Gasteiger partial charge in [-0.25, -0.2) is 4.98 Å². The quantitative estimate of drug-likeness (QED) is 0.485. The van der Waals surface area contributed by atoms with Gasteiger partial charge >= 0.3 is 0 Å². The number of hydrogen-bond donors (Lipinski definition) is 2. The molecule has 4 N–H and O–H groups in total. The van der Waals surface area contributed by atoms with E-state index in [9.17, 15) is 9.59 Å². The molecule has 6 heteroatoms. The van der Waals surface area contributed by atoms with E-state index in [2.05, 4.69) is 53.6 Å². The molecule has 4 rings (SSSR count). The van der Waals surface area contributed by atoms with Gasteiger partial charge in [0.2, 0.25) is 5.91 Å². The number of aromatic nitrogens is 2. The smallest absolute Gasteiger partial charge is 0.262 e. The molecule has 0 saturated heterocycles. The highest BCUT2D eigenvalue weighted by molar-refractivity contribution is 5.78. The zero-order valence-corrected chi connectivity index (χ0v) is 17.4. The molecule has 0 fully saturated rings. The van der Waals surface area contributed by atoms with Crippen LogP contribution in [-0.2, 0) is 17.9 Å². The maximum Gasteiger partial charge on any atom is 0.262 e. The van der Waals surface area contributed by atoms with Gasteiger partial charge in [-0.2, -0.15) is 0 Å². The number of carbonyl (C=O) groups is 1. The third kappa shape index (κ3) is 4.54. The minimum atomic E-state index is -0.571. The molecule has 1 heterocycles. The Bertz CT molecular complexity index is 1260. The Balaban J connectivity index is 1.73. The lowest BCUT2D eigenvalue weighted by Gasteiger charge is -2.18. The predicted octanol–water partition coefficient (Wildman–Crippen LogP) is 2.04. The highest BCUT2D eigenvalue weighted by Crippen LogP contribution is 2.19. The number of fused-ring (bicyclic) bond motifs is 1. The summed E-state index contributed by atoms with van der Waals surface area (Å²) in [5, 5.41) is 2.61. The maximum atomic E-state index is 13.0. The Hall–Kier alpha value is -3.77. The van der Waals surface area contributed by atoms with Crippen LogP contribution >= 0.6 is 0 Å². The van der Waals surface area contributed by atoms with Crippen LogP contribution in [0.2, 0.25) is 0 Å². The predicted molar refractivity (Wildman–Crippen MR) is 120 cm³/mol. The molecule has 0 unspecified atom stereocenters. The number of quaternary nitrogens is 1. The van der Waals surface area contributed by atoms with E-state index in [0.717, 1.165) is 11.1 Å². The third-order valence-corrected chi connectivity index (χ3v) is 5.39. The van der Waals surface area contributed by atoms with E-state index in [0.29, 0.717) is 23.3 Å². The Morgan fingerprint density at radius 2 is 1.61 bits per heavy atom. The number of hydrogen-bond acceptors (Lipinski definition) is 3. The molecule has 0 bridgehead atoms. The second-order valence-electron chi connectivity index (χ2n) is 7.64. The molecule has 4 aromatic rings. The van der Waals surface area contributed by atoms with E-state index in [1.165, 1.54) is 10.1 Å². The molecule has 1 aromatic heterocycles. The maximum absolute atomic E-state index is 13.0. The van der Waals surface area contributed by atoms with Crippen LogP contribution in [0.25, 0.3) is 10.9 Å². The van der Waals surface area contributed by atoms with Crippen molar-refractivity contribution in [1.29, 1.82) is 0 Å². The normalized spacial score (nSPS) is 12.0. The van der Waals surface area contributed by atoms with Gasteiger partial charge in [-0.3, -0.25) is 14.2 Å². The number of aryl methyl sites for hydroxylation is 1. The van der Waals surface area contributed by atoms with Crippen molar-refractivity contribution in [2.45, 2.75) is 26.1 Å². The van der Waals surface area contributed by atoms with Crippen molar-refractivity contribution < 1.29 is 10.1 Å². The number of rotatable bonds is 7. The second-order valence-corrected chi connectivity index (χ2v) is 7.64. The Morgan fingerprint density at radius 1 is 0.968 bits per heavy atom. The second kappa shape index (κ2) is 8.93. The van der Waals surface area contributed by atoms with Gasteiger partial charge in [-0.1, -0.05) is 72.3 Å². The zero-order chi connectivity index (χ0) is 21.8. The van der Waals surface area contributed by atoms with E-state index in [1.54, 1.807) is 12.1 Å². The van der Waals surface area contributed by atoms with Crippen molar-refractivity contribution in [3.63, 3.8) is 0 Å². The standard InChI is InChI=1S/C25H24N4O2/c1-17-11-13-19(14-12-17)24(18-7-3-2-4-8-18)27-15-23-28-21-10-6-5-9-20(21)25(31)29(23)16-22(26)30/h2-14,24,27H,15-16H2,1H3,(H2,26,30)/p+1/t24-/m0/s1. The van der Waals surface area contributed by atoms with Crippen LogP contribution in [0, 0.1) is 6.92 Å². The SMILES string of the molecule is Cc1ccc([C@@H]([NH2+]Cc2nc3ccccc3c(=O)n2CC(N)=O)c2ccccc2)cc1. The number of benzene rings is 3. The van der Waals surface area contributed by atoms with Crippen LogP contribution in [0.5, 0.6) is 0 Å². The van der Waals surface area contributed by atoms with E-state index in [4.69, 9.17) is 5.73 Å². The third-order valence-electron chi connectivity index (χ3n) is 5.39. The summed E-state index contributed by atoms with van der Waals surface area (Å²) in [6.45, 7) is 2.29. The van der Waals surface area contributed by atoms with Crippen LogP contribution in [0.4, 0.5) is 0 Å². The number of primary amides is 1. The van der Waals surface area contributed by atoms with Gasteiger partial charge in [-0.15, -0.1) is 0 Å². The number of nitrogens with zero attached hydrogens (tertiary/aromatic N) is 2. The molecule has 1 amide bonds. The van der Waals surface area contributed by atoms with Crippen molar-refractivity contribution in [3.8, 4) is 0 Å². The van der Waals surface area contributed by atoms with Gasteiger partial charge in [0, 0.05) is 11.1 Å². The summed E-state index contributed by atoms with van der Waals surface area (Å²) in [7, 11) is 0. The Kier molecular flexibility index (Phi) is 5.91. The lowest BCUT2D eigenvalue weighted by atomic mass is 9.98. The average Bonchev–Trinajstić information content (AvgIpc) is 2.78. The molecule has 0 spiro atoms. The first-order valence-electron chi connectivity index (χ1n) is 10.2. The van der Waals surface area contributed by atoms with Crippen molar-refractivity contribution in [3.05, 3.63) is 112 Å². The van der Waals surface area contributed by atoms with Crippen LogP contribution in [-0.4, -0.2) is 15.5 Å². The molecular weight excluding hydrogens is 388 g/mol. The molecule has 6 nitrogen and oxygen atoms in total. The summed E-state index contributed by atoms with van der Waals surface area (Å²) in [5.41, 5.74) is 9.28. The van der Waals surface area contributed by atoms with E-state index in [1.807, 2.05) is 30.3 Å². The fraction of sp³-hybridized carbons (Fsp3) is 0.160. The monoisotopic (exact) mass is 413 g/mol. The summed E-state index contributed by atoms with van der Waals surface area (Å²) in [5.74, 6) is -0.0471. The largest absolute Gasteiger partial charge is 0.368 e. The zero-order valence-electron chi connectivity index (χ0n) is 17.4. The lowest BCUT2D eigenvalue weighted by molar-refractivity contribution is -0.703. The molecule has 3 aromatic carbocycles. The highest BCUT2D eigenvalue weighted by Gasteiger charge is 2.20. The molecule has 1 atom stereocenters. The summed E-state index contributed by atoms with van der Waals surface area (Å²) >= 11 is 0. The molecule has 0 saturated carbocycles. The summed E-state index contributed by atoms with van der Waals surface area (Å²) in [6, 6.07) is 25.8. The first-order valence-corrected chi connectivity index (χ1v) is 10.2. The van der Waals surface area contributed by atoms with Crippen molar-refractivity contribution in [2.75, 3.05) is 0 Å². The highest BCUT2D eigenvalue weighted by atomic mass is 16.2. The average molecular weight is 414 g/mol. The molecule has 0 aliphatic carbocycles. The summed E-state index contributed by atoms with van der Waals surface area (Å²) < 4.78 is 1.39. The minimum Gasteiger partial charge on any atom is -0.368 e. The molecule has 31 heavy (non-hydrogen) atoms. The van der Waals surface area contributed by atoms with E-state index >= 15 is 0 Å². The number of amides is 1. The minimum absolute atomic E-state index is 0.0206. The Morgan fingerprint density at radius 3 is 2.32 bits per heavy atom. The first kappa shape index (κ1) is 20.5. The molecule has 156 valence electrons. The van der Waals surface area contributed by atoms with Crippen molar-refractivity contribution in [1.82, 2.24) is 9.55 Å². The van der Waals surface area contributed by atoms with Gasteiger partial charge < -0.3 is 11.1 Å². The lowest BCUT2D eigenvalue weighted by Crippen LogP contribution is -2.84. The van der Waals surface area contributed by atoms with Gasteiger partial charge in [0.25, 0.3) is 5.56 Å². The van der Waals surface area contributed by atoms with Gasteiger partial charge in [0.15, 0.2) is 5.82 Å². The van der Waals surface area contributed by atoms with E-state index < -0.39 is 5.91 Å². The molecule has 0 aliphatic rings. The first-order chi connectivity index (χ1) is 15.0. The van der Waals surface area contributed by atoms with Gasteiger partial charge in [-0.05, 0) is 19.1 Å². The van der Waals surface area contributed by atoms with Crippen LogP contribution < -0.4 is 16.6 Å². The molecular formula is C25H25N4O2+. The molecule has 0 radical (unpaired) electrons. The van der Waals surface area contributed by atoms with Crippen LogP contribution in [0.1, 0.15) is 28.6 Å². The van der Waals surface area contributed by atoms with E-state index in [-0.39, 0.29) is 18.1 Å². The van der Waals surface area contributed by atoms with Gasteiger partial charge in [0.1, 0.15) is 19.1 Å². The fourth-order valence-corrected chi connectivity index (χ4v) is 3.81. The number of nitrogens with two attached hydrogens (primary N) is 2.